The van der Waals surface area contributed by atoms with E-state index in [1.165, 1.54) is 18.2 Å². The van der Waals surface area contributed by atoms with Crippen molar-refractivity contribution in [1.29, 1.82) is 0 Å². The van der Waals surface area contributed by atoms with Crippen molar-refractivity contribution in [3.63, 3.8) is 0 Å². The molecule has 5 rings (SSSR count). The average Bonchev–Trinajstić information content (AvgIpc) is 3.02. The van der Waals surface area contributed by atoms with Crippen LogP contribution in [0.1, 0.15) is 28.8 Å². The van der Waals surface area contributed by atoms with Crippen molar-refractivity contribution < 1.29 is 19.3 Å². The number of allylic oxidation sites excluding steroid dienone is 2. The van der Waals surface area contributed by atoms with Gasteiger partial charge in [0.15, 0.2) is 5.78 Å². The normalized spacial score (nSPS) is 15.9. The lowest BCUT2D eigenvalue weighted by Gasteiger charge is -2.32. The van der Waals surface area contributed by atoms with Crippen LogP contribution in [0.15, 0.2) is 115 Å². The molecule has 4 aromatic carbocycles. The molecule has 0 aliphatic heterocycles. The number of hydrogen-bond donors (Lipinski definition) is 1. The second-order valence-corrected chi connectivity index (χ2v) is 10.2. The molecule has 2 atom stereocenters. The molecule has 2 unspecified atom stereocenters. The summed E-state index contributed by atoms with van der Waals surface area (Å²) in [5.74, 6) is -2.74. The van der Waals surface area contributed by atoms with Crippen molar-refractivity contribution >= 4 is 51.9 Å². The lowest BCUT2D eigenvalue weighted by Crippen LogP contribution is -2.41. The van der Waals surface area contributed by atoms with Crippen LogP contribution in [0, 0.1) is 22.0 Å². The number of hydrogen-bond acceptors (Lipinski definition) is 5. The summed E-state index contributed by atoms with van der Waals surface area (Å²) < 4.78 is 0. The predicted molar refractivity (Wildman–Crippen MR) is 162 cm³/mol. The van der Waals surface area contributed by atoms with Crippen molar-refractivity contribution in [3.8, 4) is 0 Å². The Morgan fingerprint density at radius 3 is 1.93 bits per heavy atom. The van der Waals surface area contributed by atoms with E-state index in [1.807, 2.05) is 72.8 Å². The van der Waals surface area contributed by atoms with E-state index in [1.54, 1.807) is 23.1 Å². The number of carbonyl (C=O) groups excluding carboxylic acids is 3. The van der Waals surface area contributed by atoms with Crippen LogP contribution in [0.4, 0.5) is 22.7 Å². The Bertz CT molecular complexity index is 1630. The fourth-order valence-electron chi connectivity index (χ4n) is 5.06. The van der Waals surface area contributed by atoms with E-state index in [0.29, 0.717) is 24.2 Å². The van der Waals surface area contributed by atoms with Gasteiger partial charge in [-0.15, -0.1) is 0 Å². The van der Waals surface area contributed by atoms with Crippen LogP contribution in [0.2, 0.25) is 5.02 Å². The van der Waals surface area contributed by atoms with E-state index < -0.39 is 28.4 Å². The second kappa shape index (κ2) is 12.6. The minimum atomic E-state index is -0.754. The highest BCUT2D eigenvalue weighted by Crippen LogP contribution is 2.35. The van der Waals surface area contributed by atoms with Gasteiger partial charge in [0, 0.05) is 29.1 Å². The third-order valence-electron chi connectivity index (χ3n) is 7.17. The molecule has 8 nitrogen and oxygen atoms in total. The summed E-state index contributed by atoms with van der Waals surface area (Å²) in [6.07, 6.45) is 4.40. The number of non-ortho nitro benzene ring substituents is 1. The maximum absolute atomic E-state index is 14.2. The quantitative estimate of drug-likeness (QED) is 0.101. The number of ketones is 1. The first-order valence-corrected chi connectivity index (χ1v) is 13.7. The zero-order valence-corrected chi connectivity index (χ0v) is 23.1. The van der Waals surface area contributed by atoms with Crippen molar-refractivity contribution in [1.82, 2.24) is 0 Å². The molecule has 1 aliphatic rings. The maximum atomic E-state index is 14.2. The molecule has 0 heterocycles. The van der Waals surface area contributed by atoms with Crippen LogP contribution in [0.3, 0.4) is 0 Å². The molecule has 0 saturated carbocycles. The Labute approximate surface area is 247 Å². The molecule has 0 radical (unpaired) electrons. The summed E-state index contributed by atoms with van der Waals surface area (Å²) >= 11 is 6.24. The smallest absolute Gasteiger partial charge is 0.270 e. The Morgan fingerprint density at radius 1 is 0.762 bits per heavy atom. The molecule has 9 heteroatoms. The number of nitro groups is 1. The van der Waals surface area contributed by atoms with E-state index in [9.17, 15) is 24.5 Å². The predicted octanol–water partition coefficient (Wildman–Crippen LogP) is 7.37. The average molecular weight is 580 g/mol. The van der Waals surface area contributed by atoms with E-state index >= 15 is 0 Å². The Morgan fingerprint density at radius 2 is 1.33 bits per heavy atom. The first kappa shape index (κ1) is 28.4. The Kier molecular flexibility index (Phi) is 8.55. The minimum Gasteiger partial charge on any atom is -0.325 e. The van der Waals surface area contributed by atoms with Gasteiger partial charge in [0.25, 0.3) is 5.69 Å². The molecule has 1 N–H and O–H groups in total. The first-order valence-electron chi connectivity index (χ1n) is 13.3. The molecule has 4 aromatic rings. The van der Waals surface area contributed by atoms with Gasteiger partial charge in [0.05, 0.1) is 33.0 Å². The summed E-state index contributed by atoms with van der Waals surface area (Å²) in [6, 6.07) is 28.5. The number of halogens is 1. The number of nitro benzene ring substituents is 1. The maximum Gasteiger partial charge on any atom is 0.270 e. The lowest BCUT2D eigenvalue weighted by atomic mass is 9.81. The molecule has 0 aromatic heterocycles. The molecule has 42 heavy (non-hydrogen) atoms. The first-order chi connectivity index (χ1) is 20.3. The van der Waals surface area contributed by atoms with Crippen LogP contribution in [-0.2, 0) is 9.59 Å². The minimum absolute atomic E-state index is 0.0740. The van der Waals surface area contributed by atoms with Gasteiger partial charge in [-0.25, -0.2) is 0 Å². The number of nitrogens with one attached hydrogen (secondary N) is 1. The molecule has 0 saturated heterocycles. The molecular formula is C33H26ClN3O5. The van der Waals surface area contributed by atoms with E-state index in [-0.39, 0.29) is 33.4 Å². The zero-order chi connectivity index (χ0) is 29.6. The Hall–Kier alpha value is -5.08. The third-order valence-corrected chi connectivity index (χ3v) is 7.50. The number of amides is 2. The van der Waals surface area contributed by atoms with Crippen LogP contribution < -0.4 is 10.2 Å². The van der Waals surface area contributed by atoms with Gasteiger partial charge in [-0.1, -0.05) is 72.3 Å². The van der Waals surface area contributed by atoms with Crippen LogP contribution in [0.5, 0.6) is 0 Å². The lowest BCUT2D eigenvalue weighted by molar-refractivity contribution is -0.384. The van der Waals surface area contributed by atoms with Crippen LogP contribution in [0.25, 0.3) is 0 Å². The molecule has 210 valence electrons. The van der Waals surface area contributed by atoms with Crippen molar-refractivity contribution in [2.75, 3.05) is 10.2 Å². The molecule has 1 aliphatic carbocycles. The van der Waals surface area contributed by atoms with Gasteiger partial charge in [-0.3, -0.25) is 29.4 Å². The third kappa shape index (κ3) is 5.99. The molecular weight excluding hydrogens is 554 g/mol. The molecule has 0 bridgehead atoms. The molecule has 0 fully saturated rings. The van der Waals surface area contributed by atoms with Crippen molar-refractivity contribution in [3.05, 3.63) is 142 Å². The van der Waals surface area contributed by atoms with E-state index in [2.05, 4.69) is 5.32 Å². The van der Waals surface area contributed by atoms with E-state index in [0.717, 1.165) is 6.07 Å². The van der Waals surface area contributed by atoms with E-state index in [4.69, 9.17) is 11.6 Å². The second-order valence-electron chi connectivity index (χ2n) is 9.79. The largest absolute Gasteiger partial charge is 0.325 e. The van der Waals surface area contributed by atoms with Crippen LogP contribution in [-0.4, -0.2) is 22.5 Å². The summed E-state index contributed by atoms with van der Waals surface area (Å²) in [6.45, 7) is 0. The standard InChI is InChI=1S/C33H26ClN3O5/c34-29-18-10-9-17-27(29)31(38)28-21-24(37(41)42)19-20-30(28)35-32(39)25-15-7-8-16-26(25)33(40)36(22-11-3-1-4-12-22)23-13-5-2-6-14-23/h1-14,17-21,25-26H,15-16H2,(H,35,39). The number of nitrogens with zero attached hydrogens (tertiary/aromatic N) is 2. The van der Waals surface area contributed by atoms with Gasteiger partial charge in [0.2, 0.25) is 11.8 Å². The Balaban J connectivity index is 1.48. The molecule has 2 amide bonds. The number of para-hydroxylation sites is 2. The van der Waals surface area contributed by atoms with Gasteiger partial charge in [-0.2, -0.15) is 0 Å². The van der Waals surface area contributed by atoms with Gasteiger partial charge >= 0.3 is 0 Å². The fourth-order valence-corrected chi connectivity index (χ4v) is 5.28. The van der Waals surface area contributed by atoms with Crippen molar-refractivity contribution in [2.45, 2.75) is 12.8 Å². The summed E-state index contributed by atoms with van der Waals surface area (Å²) in [7, 11) is 0. The highest BCUT2D eigenvalue weighted by atomic mass is 35.5. The van der Waals surface area contributed by atoms with Gasteiger partial charge in [0.1, 0.15) is 0 Å². The monoisotopic (exact) mass is 579 g/mol. The number of anilines is 3. The van der Waals surface area contributed by atoms with Gasteiger partial charge < -0.3 is 5.32 Å². The highest BCUT2D eigenvalue weighted by molar-refractivity contribution is 6.35. The topological polar surface area (TPSA) is 110 Å². The summed E-state index contributed by atoms with van der Waals surface area (Å²) in [5, 5.41) is 14.5. The summed E-state index contributed by atoms with van der Waals surface area (Å²) in [5.41, 5.74) is 1.20. The SMILES string of the molecule is O=C(c1ccccc1Cl)c1cc([N+](=O)[O-])ccc1NC(=O)C1CC=CCC1C(=O)N(c1ccccc1)c1ccccc1. The molecule has 0 spiro atoms. The number of benzene rings is 4. The number of rotatable bonds is 8. The van der Waals surface area contributed by atoms with Gasteiger partial charge in [-0.05, 0) is 55.3 Å². The van der Waals surface area contributed by atoms with Crippen LogP contribution >= 0.6 is 11.6 Å². The fraction of sp³-hybridized carbons (Fsp3) is 0.121. The zero-order valence-electron chi connectivity index (χ0n) is 22.4. The van der Waals surface area contributed by atoms with Crippen molar-refractivity contribution in [2.24, 2.45) is 11.8 Å². The highest BCUT2D eigenvalue weighted by Gasteiger charge is 2.38. The number of carbonyl (C=O) groups is 3. The summed E-state index contributed by atoms with van der Waals surface area (Å²) in [4.78, 5) is 53.9.